The quantitative estimate of drug-likeness (QED) is 0.590. The van der Waals surface area contributed by atoms with Crippen LogP contribution in [0.5, 0.6) is 5.75 Å². The molecular formula is C22H17FN2O4S. The van der Waals surface area contributed by atoms with Crippen molar-refractivity contribution in [3.05, 3.63) is 85.2 Å². The van der Waals surface area contributed by atoms with Crippen molar-refractivity contribution in [1.29, 1.82) is 0 Å². The average Bonchev–Trinajstić information content (AvgIpc) is 3.00. The Hall–Kier alpha value is -3.26. The molecule has 2 aliphatic heterocycles. The number of aromatic nitrogens is 1. The monoisotopic (exact) mass is 424 g/mol. The maximum absolute atomic E-state index is 13.6. The van der Waals surface area contributed by atoms with E-state index in [4.69, 9.17) is 9.47 Å². The molecule has 5 rings (SSSR count). The first-order chi connectivity index (χ1) is 14.4. The van der Waals surface area contributed by atoms with Gasteiger partial charge in [0.2, 0.25) is 5.72 Å². The molecule has 2 aliphatic rings. The summed E-state index contributed by atoms with van der Waals surface area (Å²) in [6.45, 7) is 1.72. The second-order valence-corrected chi connectivity index (χ2v) is 8.38. The number of halogens is 1. The minimum atomic E-state index is -1.21. The van der Waals surface area contributed by atoms with Gasteiger partial charge in [-0.05, 0) is 36.8 Å². The topological polar surface area (TPSA) is 69.9 Å². The van der Waals surface area contributed by atoms with Crippen molar-refractivity contribution >= 4 is 23.4 Å². The van der Waals surface area contributed by atoms with Gasteiger partial charge in [0, 0.05) is 5.56 Å². The third-order valence-corrected chi connectivity index (χ3v) is 6.46. The van der Waals surface area contributed by atoms with E-state index in [1.54, 1.807) is 31.2 Å². The van der Waals surface area contributed by atoms with Gasteiger partial charge in [0.25, 0.3) is 5.56 Å². The zero-order valence-corrected chi connectivity index (χ0v) is 17.0. The molecule has 0 fully saturated rings. The summed E-state index contributed by atoms with van der Waals surface area (Å²) >= 11 is 1.19. The third-order valence-electron chi connectivity index (χ3n) is 5.48. The molecule has 2 aromatic carbocycles. The Balaban J connectivity index is 1.80. The highest BCUT2D eigenvalue weighted by molar-refractivity contribution is 7.07. The van der Waals surface area contributed by atoms with Gasteiger partial charge >= 0.3 is 5.97 Å². The van der Waals surface area contributed by atoms with Crippen molar-refractivity contribution in [3.63, 3.8) is 0 Å². The van der Waals surface area contributed by atoms with Gasteiger partial charge in [-0.25, -0.2) is 9.38 Å². The number of rotatable bonds is 2. The maximum atomic E-state index is 13.6. The number of carbonyl (C=O) groups is 1. The SMILES string of the molecule is COC(=O)[C@@H]1[C@H]2c3ccccc3O[C@]1(C)N=c1s/c(=C/c3cccc(F)c3)c(=O)n12. The van der Waals surface area contributed by atoms with Crippen LogP contribution in [0.2, 0.25) is 0 Å². The molecule has 0 amide bonds. The van der Waals surface area contributed by atoms with Crippen molar-refractivity contribution in [1.82, 2.24) is 4.57 Å². The molecule has 0 saturated heterocycles. The number of methoxy groups -OCH3 is 1. The van der Waals surface area contributed by atoms with Gasteiger partial charge < -0.3 is 9.47 Å². The molecule has 152 valence electrons. The number of carbonyl (C=O) groups excluding carboxylic acids is 1. The van der Waals surface area contributed by atoms with Crippen LogP contribution in [0.3, 0.4) is 0 Å². The molecule has 30 heavy (non-hydrogen) atoms. The molecule has 0 spiro atoms. The molecule has 6 nitrogen and oxygen atoms in total. The van der Waals surface area contributed by atoms with E-state index in [2.05, 4.69) is 4.99 Å². The van der Waals surface area contributed by atoms with Crippen molar-refractivity contribution in [2.75, 3.05) is 7.11 Å². The number of thiazole rings is 1. The first-order valence-electron chi connectivity index (χ1n) is 9.35. The van der Waals surface area contributed by atoms with Gasteiger partial charge in [0.05, 0.1) is 17.7 Å². The lowest BCUT2D eigenvalue weighted by atomic mass is 9.81. The highest BCUT2D eigenvalue weighted by atomic mass is 32.1. The maximum Gasteiger partial charge on any atom is 0.317 e. The molecule has 8 heteroatoms. The van der Waals surface area contributed by atoms with Crippen molar-refractivity contribution in [3.8, 4) is 5.75 Å². The first kappa shape index (κ1) is 18.7. The lowest BCUT2D eigenvalue weighted by Gasteiger charge is -2.44. The Kier molecular flexibility index (Phi) is 4.14. The van der Waals surface area contributed by atoms with Gasteiger partial charge in [-0.1, -0.05) is 41.7 Å². The molecule has 0 N–H and O–H groups in total. The van der Waals surface area contributed by atoms with Crippen LogP contribution < -0.4 is 19.6 Å². The van der Waals surface area contributed by atoms with Crippen molar-refractivity contribution < 1.29 is 18.7 Å². The van der Waals surface area contributed by atoms with Crippen LogP contribution in [-0.2, 0) is 9.53 Å². The van der Waals surface area contributed by atoms with E-state index in [0.29, 0.717) is 20.6 Å². The second kappa shape index (κ2) is 6.63. The fraction of sp³-hybridized carbons (Fsp3) is 0.227. The zero-order valence-electron chi connectivity index (χ0n) is 16.2. The van der Waals surface area contributed by atoms with Gasteiger partial charge in [-0.3, -0.25) is 14.2 Å². The van der Waals surface area contributed by atoms with Crippen LogP contribution >= 0.6 is 11.3 Å². The fourth-order valence-electron chi connectivity index (χ4n) is 4.18. The number of hydrogen-bond donors (Lipinski definition) is 0. The Morgan fingerprint density at radius 1 is 1.30 bits per heavy atom. The number of benzene rings is 2. The summed E-state index contributed by atoms with van der Waals surface area (Å²) < 4.78 is 26.7. The summed E-state index contributed by atoms with van der Waals surface area (Å²) in [5.74, 6) is -1.13. The van der Waals surface area contributed by atoms with Gasteiger partial charge in [0.15, 0.2) is 4.80 Å². The molecule has 0 radical (unpaired) electrons. The number of esters is 1. The number of ether oxygens (including phenoxy) is 2. The first-order valence-corrected chi connectivity index (χ1v) is 10.2. The Labute approximate surface area is 174 Å². The summed E-state index contributed by atoms with van der Waals surface area (Å²) in [7, 11) is 1.31. The standard InChI is InChI=1S/C22H17FN2O4S/c1-22-17(20(27)28-2)18(14-8-3-4-9-15(14)29-22)25-19(26)16(30-21(25)24-22)11-12-6-5-7-13(23)10-12/h3-11,17-18H,1-2H3/b16-11+/t17-,18+,22-/m0/s1. The van der Waals surface area contributed by atoms with Crippen LogP contribution in [0.4, 0.5) is 4.39 Å². The van der Waals surface area contributed by atoms with E-state index >= 15 is 0 Å². The highest BCUT2D eigenvalue weighted by Crippen LogP contribution is 2.47. The highest BCUT2D eigenvalue weighted by Gasteiger charge is 2.55. The minimum absolute atomic E-state index is 0.291. The van der Waals surface area contributed by atoms with E-state index in [1.807, 2.05) is 18.2 Å². The van der Waals surface area contributed by atoms with Crippen LogP contribution in [0.1, 0.15) is 24.1 Å². The van der Waals surface area contributed by atoms with E-state index < -0.39 is 23.7 Å². The summed E-state index contributed by atoms with van der Waals surface area (Å²) in [5.41, 5.74) is -0.208. The lowest BCUT2D eigenvalue weighted by Crippen LogP contribution is -2.58. The van der Waals surface area contributed by atoms with Crippen molar-refractivity contribution in [2.45, 2.75) is 18.7 Å². The average molecular weight is 424 g/mol. The summed E-state index contributed by atoms with van der Waals surface area (Å²) in [5, 5.41) is 0. The van der Waals surface area contributed by atoms with E-state index in [-0.39, 0.29) is 11.4 Å². The molecule has 0 saturated carbocycles. The van der Waals surface area contributed by atoms with E-state index in [9.17, 15) is 14.0 Å². The smallest absolute Gasteiger partial charge is 0.317 e. The largest absolute Gasteiger partial charge is 0.469 e. The van der Waals surface area contributed by atoms with Crippen LogP contribution in [-0.4, -0.2) is 23.4 Å². The van der Waals surface area contributed by atoms with Crippen LogP contribution in [0.25, 0.3) is 6.08 Å². The fourth-order valence-corrected chi connectivity index (χ4v) is 5.28. The van der Waals surface area contributed by atoms with Gasteiger partial charge in [-0.2, -0.15) is 0 Å². The van der Waals surface area contributed by atoms with Gasteiger partial charge in [0.1, 0.15) is 17.5 Å². The minimum Gasteiger partial charge on any atom is -0.469 e. The molecule has 1 aromatic heterocycles. The number of fused-ring (bicyclic) bond motifs is 6. The third kappa shape index (κ3) is 2.71. The molecule has 3 atom stereocenters. The normalized spacial score (nSPS) is 24.3. The molecule has 0 aliphatic carbocycles. The number of nitrogens with zero attached hydrogens (tertiary/aromatic N) is 2. The number of para-hydroxylation sites is 1. The summed E-state index contributed by atoms with van der Waals surface area (Å²) in [6.07, 6.45) is 1.63. The molecule has 0 unspecified atom stereocenters. The molecule has 3 heterocycles. The van der Waals surface area contributed by atoms with Crippen molar-refractivity contribution in [2.24, 2.45) is 10.9 Å². The Morgan fingerprint density at radius 2 is 2.10 bits per heavy atom. The predicted molar refractivity (Wildman–Crippen MR) is 108 cm³/mol. The van der Waals surface area contributed by atoms with E-state index in [0.717, 1.165) is 5.56 Å². The Bertz CT molecular complexity index is 1360. The van der Waals surface area contributed by atoms with E-state index in [1.165, 1.54) is 35.1 Å². The molecular weight excluding hydrogens is 407 g/mol. The number of hydrogen-bond acceptors (Lipinski definition) is 6. The molecule has 2 bridgehead atoms. The zero-order chi connectivity index (χ0) is 21.0. The lowest BCUT2D eigenvalue weighted by molar-refractivity contribution is -0.158. The predicted octanol–water partition coefficient (Wildman–Crippen LogP) is 2.00. The van der Waals surface area contributed by atoms with Crippen LogP contribution in [0.15, 0.2) is 58.3 Å². The molecule has 3 aromatic rings. The Morgan fingerprint density at radius 3 is 2.87 bits per heavy atom. The summed E-state index contributed by atoms with van der Waals surface area (Å²) in [6, 6.07) is 12.7. The van der Waals surface area contributed by atoms with Crippen LogP contribution in [0, 0.1) is 11.7 Å². The second-order valence-electron chi connectivity index (χ2n) is 7.38. The van der Waals surface area contributed by atoms with Gasteiger partial charge in [-0.15, -0.1) is 0 Å². The summed E-state index contributed by atoms with van der Waals surface area (Å²) in [4.78, 5) is 31.2.